The van der Waals surface area contributed by atoms with E-state index in [-0.39, 0.29) is 11.9 Å². The van der Waals surface area contributed by atoms with Crippen molar-refractivity contribution in [1.29, 1.82) is 0 Å². The molecule has 19 heavy (non-hydrogen) atoms. The quantitative estimate of drug-likeness (QED) is 0.777. The van der Waals surface area contributed by atoms with Gasteiger partial charge in [0.2, 0.25) is 0 Å². The third kappa shape index (κ3) is 3.37. The number of rotatable bonds is 4. The zero-order valence-electron chi connectivity index (χ0n) is 10.6. The van der Waals surface area contributed by atoms with E-state index in [1.807, 2.05) is 6.92 Å². The smallest absolute Gasteiger partial charge is 0.124 e. The summed E-state index contributed by atoms with van der Waals surface area (Å²) in [5.41, 5.74) is 0.896. The van der Waals surface area contributed by atoms with Crippen LogP contribution in [0.25, 0.3) is 0 Å². The van der Waals surface area contributed by atoms with Crippen molar-refractivity contribution in [2.24, 2.45) is 0 Å². The lowest BCUT2D eigenvalue weighted by Crippen LogP contribution is -2.21. The molecule has 102 valence electrons. The first-order chi connectivity index (χ1) is 9.02. The molecule has 2 rings (SSSR count). The van der Waals surface area contributed by atoms with E-state index in [0.717, 1.165) is 21.5 Å². The monoisotopic (exact) mass is 361 g/mol. The molecule has 0 bridgehead atoms. The summed E-state index contributed by atoms with van der Waals surface area (Å²) in [5.74, 6) is -0.314. The van der Waals surface area contributed by atoms with E-state index in [0.29, 0.717) is 5.02 Å². The normalized spacial score (nSPS) is 12.7. The highest BCUT2D eigenvalue weighted by atomic mass is 79.9. The van der Waals surface area contributed by atoms with Crippen LogP contribution < -0.4 is 5.32 Å². The van der Waals surface area contributed by atoms with Crippen molar-refractivity contribution in [3.8, 4) is 0 Å². The van der Waals surface area contributed by atoms with Crippen LogP contribution in [0, 0.1) is 12.7 Å². The van der Waals surface area contributed by atoms with Gasteiger partial charge < -0.3 is 5.32 Å². The summed E-state index contributed by atoms with van der Waals surface area (Å²) in [6.07, 6.45) is 0. The molecule has 0 aliphatic rings. The van der Waals surface area contributed by atoms with E-state index in [4.69, 9.17) is 11.6 Å². The standard InChI is InChI=1S/C14H14BrClFNS/c1-3-18-13(14-11(15)6-8(2)19-14)10-5-4-9(17)7-12(10)16/h4-7,13,18H,3H2,1-2H3. The van der Waals surface area contributed by atoms with Crippen LogP contribution in [-0.4, -0.2) is 6.54 Å². The molecule has 1 unspecified atom stereocenters. The Labute approximate surface area is 129 Å². The summed E-state index contributed by atoms with van der Waals surface area (Å²) in [7, 11) is 0. The Kier molecular flexibility index (Phi) is 5.01. The van der Waals surface area contributed by atoms with Crippen LogP contribution in [0.1, 0.15) is 28.3 Å². The molecular formula is C14H14BrClFNS. The second-order valence-electron chi connectivity index (χ2n) is 4.23. The Balaban J connectivity index is 2.48. The number of halogens is 3. The van der Waals surface area contributed by atoms with Crippen molar-refractivity contribution in [2.45, 2.75) is 19.9 Å². The molecule has 0 spiro atoms. The zero-order valence-corrected chi connectivity index (χ0v) is 13.8. The van der Waals surface area contributed by atoms with Crippen LogP contribution in [0.2, 0.25) is 5.02 Å². The van der Waals surface area contributed by atoms with E-state index in [2.05, 4.69) is 34.2 Å². The van der Waals surface area contributed by atoms with Crippen molar-refractivity contribution in [3.05, 3.63) is 54.9 Å². The number of benzene rings is 1. The topological polar surface area (TPSA) is 12.0 Å². The fourth-order valence-electron chi connectivity index (χ4n) is 1.98. The van der Waals surface area contributed by atoms with Gasteiger partial charge in [-0.25, -0.2) is 4.39 Å². The predicted octanol–water partition coefficient (Wildman–Crippen LogP) is 5.31. The minimum Gasteiger partial charge on any atom is -0.306 e. The summed E-state index contributed by atoms with van der Waals surface area (Å²) in [5, 5.41) is 3.85. The second kappa shape index (κ2) is 6.35. The van der Waals surface area contributed by atoms with Gasteiger partial charge in [-0.3, -0.25) is 0 Å². The van der Waals surface area contributed by atoms with Gasteiger partial charge in [0.1, 0.15) is 5.82 Å². The average molecular weight is 363 g/mol. The molecule has 0 fully saturated rings. The lowest BCUT2D eigenvalue weighted by atomic mass is 10.1. The van der Waals surface area contributed by atoms with E-state index >= 15 is 0 Å². The maximum atomic E-state index is 13.2. The third-order valence-electron chi connectivity index (χ3n) is 2.78. The molecule has 1 N–H and O–H groups in total. The van der Waals surface area contributed by atoms with E-state index in [9.17, 15) is 4.39 Å². The molecule has 5 heteroatoms. The number of hydrogen-bond donors (Lipinski definition) is 1. The molecular weight excluding hydrogens is 349 g/mol. The van der Waals surface area contributed by atoms with Crippen LogP contribution in [0.3, 0.4) is 0 Å². The van der Waals surface area contributed by atoms with Gasteiger partial charge in [0, 0.05) is 19.2 Å². The molecule has 0 aliphatic carbocycles. The molecule has 1 atom stereocenters. The molecule has 1 aromatic carbocycles. The highest BCUT2D eigenvalue weighted by Crippen LogP contribution is 2.37. The largest absolute Gasteiger partial charge is 0.306 e. The lowest BCUT2D eigenvalue weighted by Gasteiger charge is -2.19. The van der Waals surface area contributed by atoms with E-state index < -0.39 is 0 Å². The molecule has 1 heterocycles. The highest BCUT2D eigenvalue weighted by molar-refractivity contribution is 9.10. The minimum absolute atomic E-state index is 0.0221. The molecule has 0 radical (unpaired) electrons. The molecule has 0 aliphatic heterocycles. The second-order valence-corrected chi connectivity index (χ2v) is 6.78. The summed E-state index contributed by atoms with van der Waals surface area (Å²) in [4.78, 5) is 2.39. The third-order valence-corrected chi connectivity index (χ3v) is 5.14. The van der Waals surface area contributed by atoms with Gasteiger partial charge in [-0.15, -0.1) is 11.3 Å². The highest BCUT2D eigenvalue weighted by Gasteiger charge is 2.20. The average Bonchev–Trinajstić information content (AvgIpc) is 2.66. The van der Waals surface area contributed by atoms with Crippen LogP contribution in [0.5, 0.6) is 0 Å². The molecule has 0 saturated carbocycles. The van der Waals surface area contributed by atoms with Gasteiger partial charge in [0.25, 0.3) is 0 Å². The van der Waals surface area contributed by atoms with Crippen LogP contribution in [0.4, 0.5) is 4.39 Å². The number of nitrogens with one attached hydrogen (secondary N) is 1. The fourth-order valence-corrected chi connectivity index (χ4v) is 4.23. The first kappa shape index (κ1) is 15.0. The van der Waals surface area contributed by atoms with Crippen molar-refractivity contribution >= 4 is 38.9 Å². The predicted molar refractivity (Wildman–Crippen MR) is 83.7 cm³/mol. The van der Waals surface area contributed by atoms with Gasteiger partial charge in [-0.1, -0.05) is 24.6 Å². The molecule has 2 aromatic rings. The molecule has 1 nitrogen and oxygen atoms in total. The summed E-state index contributed by atoms with van der Waals surface area (Å²) in [6.45, 7) is 4.91. The number of thiophene rings is 1. The van der Waals surface area contributed by atoms with Crippen molar-refractivity contribution in [3.63, 3.8) is 0 Å². The Bertz CT molecular complexity index is 585. The van der Waals surface area contributed by atoms with Gasteiger partial charge in [0.05, 0.1) is 6.04 Å². The molecule has 1 aromatic heterocycles. The van der Waals surface area contributed by atoms with Crippen molar-refractivity contribution < 1.29 is 4.39 Å². The van der Waals surface area contributed by atoms with Gasteiger partial charge in [0.15, 0.2) is 0 Å². The zero-order chi connectivity index (χ0) is 14.0. The SMILES string of the molecule is CCNC(c1ccc(F)cc1Cl)c1sc(C)cc1Br. The fraction of sp³-hybridized carbons (Fsp3) is 0.286. The lowest BCUT2D eigenvalue weighted by molar-refractivity contribution is 0.616. The van der Waals surface area contributed by atoms with Crippen LogP contribution in [0.15, 0.2) is 28.7 Å². The first-order valence-electron chi connectivity index (χ1n) is 5.97. The Morgan fingerprint density at radius 2 is 2.16 bits per heavy atom. The molecule has 0 amide bonds. The maximum Gasteiger partial charge on any atom is 0.124 e. The van der Waals surface area contributed by atoms with Gasteiger partial charge in [-0.05, 0) is 53.2 Å². The van der Waals surface area contributed by atoms with Crippen LogP contribution in [-0.2, 0) is 0 Å². The summed E-state index contributed by atoms with van der Waals surface area (Å²) < 4.78 is 14.2. The number of hydrogen-bond acceptors (Lipinski definition) is 2. The van der Waals surface area contributed by atoms with E-state index in [1.165, 1.54) is 17.0 Å². The maximum absolute atomic E-state index is 13.2. The summed E-state index contributed by atoms with van der Waals surface area (Å²) in [6, 6.07) is 6.61. The van der Waals surface area contributed by atoms with Crippen LogP contribution >= 0.6 is 38.9 Å². The number of aryl methyl sites for hydroxylation is 1. The molecule has 0 saturated heterocycles. The van der Waals surface area contributed by atoms with Crippen molar-refractivity contribution in [1.82, 2.24) is 5.32 Å². The minimum atomic E-state index is -0.314. The Hall–Kier alpha value is -0.420. The van der Waals surface area contributed by atoms with Crippen molar-refractivity contribution in [2.75, 3.05) is 6.54 Å². The first-order valence-corrected chi connectivity index (χ1v) is 7.95. The summed E-state index contributed by atoms with van der Waals surface area (Å²) >= 11 is 11.5. The Morgan fingerprint density at radius 1 is 1.42 bits per heavy atom. The van der Waals surface area contributed by atoms with E-state index in [1.54, 1.807) is 17.4 Å². The Morgan fingerprint density at radius 3 is 2.68 bits per heavy atom. The van der Waals surface area contributed by atoms with Gasteiger partial charge >= 0.3 is 0 Å². The van der Waals surface area contributed by atoms with Gasteiger partial charge in [-0.2, -0.15) is 0 Å².